The number of ether oxygens (including phenoxy) is 3. The summed E-state index contributed by atoms with van der Waals surface area (Å²) in [6, 6.07) is 5.49. The maximum Gasteiger partial charge on any atom is 0.326 e. The van der Waals surface area contributed by atoms with Gasteiger partial charge in [-0.25, -0.2) is 4.79 Å². The quantitative estimate of drug-likeness (QED) is 0.756. The topological polar surface area (TPSA) is 65.5 Å². The lowest BCUT2D eigenvalue weighted by Gasteiger charge is -2.07. The second-order valence-corrected chi connectivity index (χ2v) is 4.12. The van der Waals surface area contributed by atoms with Crippen molar-refractivity contribution >= 4 is 11.0 Å². The molecule has 2 aromatic rings. The van der Waals surface area contributed by atoms with E-state index in [1.165, 1.54) is 0 Å². The third-order valence-electron chi connectivity index (χ3n) is 2.80. The molecule has 0 bridgehead atoms. The van der Waals surface area contributed by atoms with Crippen LogP contribution in [0.15, 0.2) is 23.0 Å². The van der Waals surface area contributed by atoms with Crippen molar-refractivity contribution in [1.82, 2.24) is 9.55 Å². The number of benzene rings is 1. The molecule has 0 fully saturated rings. The number of aromatic amines is 1. The van der Waals surface area contributed by atoms with Gasteiger partial charge in [0.15, 0.2) is 0 Å². The molecule has 0 radical (unpaired) electrons. The first-order chi connectivity index (χ1) is 9.22. The van der Waals surface area contributed by atoms with Crippen LogP contribution in [-0.4, -0.2) is 43.1 Å². The Hall–Kier alpha value is -1.79. The van der Waals surface area contributed by atoms with Crippen LogP contribution < -0.4 is 10.4 Å². The lowest BCUT2D eigenvalue weighted by Crippen LogP contribution is -2.12. The highest BCUT2D eigenvalue weighted by molar-refractivity contribution is 5.76. The van der Waals surface area contributed by atoms with Crippen LogP contribution >= 0.6 is 0 Å². The summed E-state index contributed by atoms with van der Waals surface area (Å²) in [5, 5.41) is 0. The van der Waals surface area contributed by atoms with E-state index in [2.05, 4.69) is 4.98 Å². The van der Waals surface area contributed by atoms with Crippen molar-refractivity contribution in [3.63, 3.8) is 0 Å². The summed E-state index contributed by atoms with van der Waals surface area (Å²) in [7, 11) is 3.36. The lowest BCUT2D eigenvalue weighted by molar-refractivity contribution is 0.0544. The van der Waals surface area contributed by atoms with Crippen LogP contribution in [0.3, 0.4) is 0 Å². The first-order valence-corrected chi connectivity index (χ1v) is 6.10. The minimum Gasteiger partial charge on any atom is -0.491 e. The Kier molecular flexibility index (Phi) is 4.59. The first-order valence-electron chi connectivity index (χ1n) is 6.10. The molecular formula is C13H18N2O4. The van der Waals surface area contributed by atoms with Gasteiger partial charge in [-0.05, 0) is 12.1 Å². The van der Waals surface area contributed by atoms with Crippen LogP contribution in [0.4, 0.5) is 0 Å². The third kappa shape index (κ3) is 3.36. The predicted molar refractivity (Wildman–Crippen MR) is 71.7 cm³/mol. The summed E-state index contributed by atoms with van der Waals surface area (Å²) in [5.74, 6) is 0.720. The molecule has 0 spiro atoms. The van der Waals surface area contributed by atoms with E-state index < -0.39 is 0 Å². The number of nitrogens with zero attached hydrogens (tertiary/aromatic N) is 1. The van der Waals surface area contributed by atoms with Gasteiger partial charge in [0.2, 0.25) is 0 Å². The molecule has 0 unspecified atom stereocenters. The molecule has 1 aromatic heterocycles. The lowest BCUT2D eigenvalue weighted by atomic mass is 10.3. The second-order valence-electron chi connectivity index (χ2n) is 4.12. The Labute approximate surface area is 110 Å². The van der Waals surface area contributed by atoms with Crippen molar-refractivity contribution in [1.29, 1.82) is 0 Å². The number of hydrogen-bond donors (Lipinski definition) is 1. The molecule has 2 rings (SSSR count). The molecule has 0 aliphatic rings. The summed E-state index contributed by atoms with van der Waals surface area (Å²) in [6.45, 7) is 2.11. The minimum atomic E-state index is -0.130. The Bertz CT molecular complexity index is 588. The maximum atomic E-state index is 11.4. The largest absolute Gasteiger partial charge is 0.491 e. The van der Waals surface area contributed by atoms with Gasteiger partial charge in [-0.15, -0.1) is 0 Å². The van der Waals surface area contributed by atoms with Gasteiger partial charge >= 0.3 is 5.69 Å². The molecule has 6 nitrogen and oxygen atoms in total. The average molecular weight is 266 g/mol. The predicted octanol–water partition coefficient (Wildman–Crippen LogP) is 0.908. The zero-order valence-electron chi connectivity index (χ0n) is 11.1. The van der Waals surface area contributed by atoms with Crippen LogP contribution in [0.1, 0.15) is 0 Å². The van der Waals surface area contributed by atoms with Crippen molar-refractivity contribution < 1.29 is 14.2 Å². The standard InChI is InChI=1S/C13H18N2O4/c1-15-12-9-10(3-4-11(12)14-13(15)16)19-8-7-18-6-5-17-2/h3-4,9H,5-8H2,1-2H3,(H,14,16). The van der Waals surface area contributed by atoms with Crippen LogP contribution in [-0.2, 0) is 16.5 Å². The van der Waals surface area contributed by atoms with Crippen molar-refractivity contribution in [2.45, 2.75) is 0 Å². The zero-order valence-corrected chi connectivity index (χ0v) is 11.1. The van der Waals surface area contributed by atoms with Gasteiger partial charge in [-0.1, -0.05) is 0 Å². The normalized spacial score (nSPS) is 11.1. The number of aryl methyl sites for hydroxylation is 1. The molecule has 1 aromatic carbocycles. The Morgan fingerprint density at radius 3 is 2.79 bits per heavy atom. The molecule has 0 aliphatic heterocycles. The zero-order chi connectivity index (χ0) is 13.7. The van der Waals surface area contributed by atoms with Crippen LogP contribution in [0.25, 0.3) is 11.0 Å². The van der Waals surface area contributed by atoms with Crippen LogP contribution in [0.5, 0.6) is 5.75 Å². The fraction of sp³-hybridized carbons (Fsp3) is 0.462. The smallest absolute Gasteiger partial charge is 0.326 e. The summed E-state index contributed by atoms with van der Waals surface area (Å²) >= 11 is 0. The van der Waals surface area contributed by atoms with Crippen molar-refractivity contribution in [3.05, 3.63) is 28.7 Å². The number of hydrogen-bond acceptors (Lipinski definition) is 4. The number of fused-ring (bicyclic) bond motifs is 1. The fourth-order valence-electron chi connectivity index (χ4n) is 1.76. The molecule has 0 amide bonds. The van der Waals surface area contributed by atoms with Gasteiger partial charge in [0.1, 0.15) is 12.4 Å². The monoisotopic (exact) mass is 266 g/mol. The van der Waals surface area contributed by atoms with E-state index in [1.54, 1.807) is 18.7 Å². The van der Waals surface area contributed by atoms with Gasteiger partial charge in [0.05, 0.1) is 30.9 Å². The van der Waals surface area contributed by atoms with E-state index in [4.69, 9.17) is 14.2 Å². The average Bonchev–Trinajstić information content (AvgIpc) is 2.70. The summed E-state index contributed by atoms with van der Waals surface area (Å²) in [4.78, 5) is 14.2. The molecule has 6 heteroatoms. The van der Waals surface area contributed by atoms with E-state index in [-0.39, 0.29) is 5.69 Å². The van der Waals surface area contributed by atoms with Gasteiger partial charge in [0.25, 0.3) is 0 Å². The number of aromatic nitrogens is 2. The third-order valence-corrected chi connectivity index (χ3v) is 2.80. The number of nitrogens with one attached hydrogen (secondary N) is 1. The summed E-state index contributed by atoms with van der Waals surface area (Å²) < 4.78 is 17.3. The van der Waals surface area contributed by atoms with Crippen LogP contribution in [0, 0.1) is 0 Å². The van der Waals surface area contributed by atoms with Gasteiger partial charge in [-0.2, -0.15) is 0 Å². The van der Waals surface area contributed by atoms with E-state index in [0.717, 1.165) is 16.8 Å². The molecule has 1 heterocycles. The SMILES string of the molecule is COCCOCCOc1ccc2[nH]c(=O)n(C)c2c1. The molecular weight excluding hydrogens is 248 g/mol. The summed E-state index contributed by atoms with van der Waals surface area (Å²) in [6.07, 6.45) is 0. The van der Waals surface area contributed by atoms with E-state index in [1.807, 2.05) is 18.2 Å². The Morgan fingerprint density at radius 1 is 1.21 bits per heavy atom. The van der Waals surface area contributed by atoms with E-state index >= 15 is 0 Å². The molecule has 0 saturated heterocycles. The van der Waals surface area contributed by atoms with Gasteiger partial charge in [-0.3, -0.25) is 4.57 Å². The number of rotatable bonds is 7. The number of methoxy groups -OCH3 is 1. The van der Waals surface area contributed by atoms with Crippen LogP contribution in [0.2, 0.25) is 0 Å². The molecule has 19 heavy (non-hydrogen) atoms. The van der Waals surface area contributed by atoms with E-state index in [9.17, 15) is 4.79 Å². The van der Waals surface area contributed by atoms with Gasteiger partial charge in [0, 0.05) is 20.2 Å². The summed E-state index contributed by atoms with van der Waals surface area (Å²) in [5.41, 5.74) is 1.49. The van der Waals surface area contributed by atoms with Crippen molar-refractivity contribution in [3.8, 4) is 5.75 Å². The minimum absolute atomic E-state index is 0.130. The second kappa shape index (κ2) is 6.40. The maximum absolute atomic E-state index is 11.4. The highest BCUT2D eigenvalue weighted by atomic mass is 16.5. The number of H-pyrrole nitrogens is 1. The number of imidazole rings is 1. The fourth-order valence-corrected chi connectivity index (χ4v) is 1.76. The molecule has 0 aliphatic carbocycles. The Morgan fingerprint density at radius 2 is 2.00 bits per heavy atom. The molecule has 0 atom stereocenters. The van der Waals surface area contributed by atoms with Gasteiger partial charge < -0.3 is 19.2 Å². The molecule has 0 saturated carbocycles. The molecule has 104 valence electrons. The first kappa shape index (κ1) is 13.6. The molecule has 1 N–H and O–H groups in total. The van der Waals surface area contributed by atoms with Crippen molar-refractivity contribution in [2.24, 2.45) is 7.05 Å². The highest BCUT2D eigenvalue weighted by Gasteiger charge is 2.04. The Balaban J connectivity index is 1.91. The van der Waals surface area contributed by atoms with Crippen molar-refractivity contribution in [2.75, 3.05) is 33.5 Å². The van der Waals surface area contributed by atoms with E-state index in [0.29, 0.717) is 26.4 Å². The highest BCUT2D eigenvalue weighted by Crippen LogP contribution is 2.17.